The van der Waals surface area contributed by atoms with Crippen LogP contribution in [0.5, 0.6) is 0 Å². The Balaban J connectivity index is 1.38. The second-order valence-electron chi connectivity index (χ2n) is 6.91. The average Bonchev–Trinajstić information content (AvgIpc) is 3.23. The van der Waals surface area contributed by atoms with Crippen LogP contribution in [-0.2, 0) is 23.2 Å². The van der Waals surface area contributed by atoms with E-state index in [1.165, 1.54) is 30.4 Å². The van der Waals surface area contributed by atoms with Gasteiger partial charge in [-0.25, -0.2) is 0 Å². The molecule has 0 saturated carbocycles. The van der Waals surface area contributed by atoms with E-state index in [-0.39, 0.29) is 0 Å². The van der Waals surface area contributed by atoms with Crippen LogP contribution in [0.3, 0.4) is 0 Å². The minimum absolute atomic E-state index is 0.451. The summed E-state index contributed by atoms with van der Waals surface area (Å²) in [6, 6.07) is 17.9. The van der Waals surface area contributed by atoms with Crippen molar-refractivity contribution in [1.29, 1.82) is 0 Å². The Morgan fingerprint density at radius 2 is 1.54 bits per heavy atom. The number of benzene rings is 2. The molecule has 2 aromatic rings. The van der Waals surface area contributed by atoms with Crippen molar-refractivity contribution in [3.05, 3.63) is 82.9 Å². The average molecular weight is 392 g/mol. The molecule has 2 aromatic carbocycles. The fourth-order valence-corrected chi connectivity index (χ4v) is 8.25. The van der Waals surface area contributed by atoms with Crippen LogP contribution >= 0.6 is 0 Å². The third-order valence-electron chi connectivity index (χ3n) is 5.44. The van der Waals surface area contributed by atoms with Gasteiger partial charge in [0, 0.05) is 0 Å². The van der Waals surface area contributed by atoms with Crippen molar-refractivity contribution in [2.75, 3.05) is 0 Å². The zero-order valence-corrected chi connectivity index (χ0v) is 16.7. The summed E-state index contributed by atoms with van der Waals surface area (Å²) in [5.74, 6) is 0.654. The van der Waals surface area contributed by atoms with Crippen molar-refractivity contribution in [2.24, 2.45) is 0 Å². The molecule has 0 nitrogen and oxygen atoms in total. The predicted octanol–water partition coefficient (Wildman–Crippen LogP) is 6.63. The van der Waals surface area contributed by atoms with Crippen LogP contribution in [0.1, 0.15) is 58.0 Å². The molecule has 0 radical (unpaired) electrons. The fourth-order valence-electron chi connectivity index (χ4n) is 4.01. The summed E-state index contributed by atoms with van der Waals surface area (Å²) in [7, 11) is 0. The second-order valence-corrected chi connectivity index (χ2v) is 11.3. The summed E-state index contributed by atoms with van der Waals surface area (Å²) in [5.41, 5.74) is 6.05. The Labute approximate surface area is 157 Å². The topological polar surface area (TPSA) is 0 Å². The molecule has 1 heteroatoms. The summed E-state index contributed by atoms with van der Waals surface area (Å²) >= 11 is -0.451. The molecule has 0 saturated heterocycles. The SMILES string of the molecule is CC[CH](CCC1C=Cc2ccccc21)[Zr][CH]1C=Cc2ccccc21. The Hall–Kier alpha value is -1.20. The van der Waals surface area contributed by atoms with Gasteiger partial charge >= 0.3 is 158 Å². The van der Waals surface area contributed by atoms with E-state index in [2.05, 4.69) is 79.8 Å². The zero-order chi connectivity index (χ0) is 16.4. The van der Waals surface area contributed by atoms with Gasteiger partial charge in [-0.3, -0.25) is 0 Å². The van der Waals surface area contributed by atoms with Crippen molar-refractivity contribution in [1.82, 2.24) is 0 Å². The third kappa shape index (κ3) is 3.29. The molecule has 0 bridgehead atoms. The molecule has 120 valence electrons. The van der Waals surface area contributed by atoms with Gasteiger partial charge in [0.1, 0.15) is 0 Å². The van der Waals surface area contributed by atoms with Crippen molar-refractivity contribution >= 4 is 12.2 Å². The monoisotopic (exact) mass is 390 g/mol. The van der Waals surface area contributed by atoms with E-state index in [0.29, 0.717) is 5.92 Å². The number of allylic oxidation sites excluding steroid dienone is 2. The van der Waals surface area contributed by atoms with Gasteiger partial charge in [-0.05, 0) is 0 Å². The molecular formula is C23H24Zr. The van der Waals surface area contributed by atoms with Crippen LogP contribution in [0.25, 0.3) is 12.2 Å². The molecule has 24 heavy (non-hydrogen) atoms. The van der Waals surface area contributed by atoms with E-state index in [1.807, 2.05) is 0 Å². The second kappa shape index (κ2) is 7.36. The number of hydrogen-bond acceptors (Lipinski definition) is 0. The molecule has 3 unspecified atom stereocenters. The third-order valence-corrected chi connectivity index (χ3v) is 10.4. The van der Waals surface area contributed by atoms with Gasteiger partial charge in [0.15, 0.2) is 0 Å². The maximum atomic E-state index is 2.49. The summed E-state index contributed by atoms with van der Waals surface area (Å²) in [6.07, 6.45) is 13.7. The van der Waals surface area contributed by atoms with E-state index in [1.54, 1.807) is 11.1 Å². The minimum atomic E-state index is -0.451. The number of rotatable bonds is 6. The van der Waals surface area contributed by atoms with Gasteiger partial charge in [0.2, 0.25) is 0 Å². The first-order chi connectivity index (χ1) is 11.8. The standard InChI is InChI=1S/C14H17.C9H7.Zr/c1-2-3-4-7-12-10-11-13-8-5-6-9-14(12)13;1-2-5-9-7-3-6-8(9)4-1;/h3,5-6,8-12H,2,4,7H2,1H3;1-7H;. The summed E-state index contributed by atoms with van der Waals surface area (Å²) < 4.78 is 1.77. The van der Waals surface area contributed by atoms with E-state index >= 15 is 0 Å². The quantitative estimate of drug-likeness (QED) is 0.518. The van der Waals surface area contributed by atoms with Crippen LogP contribution in [0, 0.1) is 0 Å². The summed E-state index contributed by atoms with van der Waals surface area (Å²) in [6.45, 7) is 2.40. The molecule has 4 rings (SSSR count). The van der Waals surface area contributed by atoms with Gasteiger partial charge in [-0.2, -0.15) is 0 Å². The van der Waals surface area contributed by atoms with Crippen LogP contribution in [-0.4, -0.2) is 0 Å². The molecule has 0 aliphatic heterocycles. The maximum absolute atomic E-state index is 2.49. The van der Waals surface area contributed by atoms with Gasteiger partial charge in [-0.1, -0.05) is 0 Å². The number of hydrogen-bond donors (Lipinski definition) is 0. The molecule has 2 aliphatic rings. The van der Waals surface area contributed by atoms with Gasteiger partial charge in [-0.15, -0.1) is 0 Å². The van der Waals surface area contributed by atoms with Crippen molar-refractivity contribution in [3.8, 4) is 0 Å². The van der Waals surface area contributed by atoms with E-state index < -0.39 is 23.2 Å². The molecule has 0 spiro atoms. The Kier molecular flexibility index (Phi) is 4.99. The van der Waals surface area contributed by atoms with Crippen LogP contribution < -0.4 is 0 Å². The molecule has 0 N–H and O–H groups in total. The summed E-state index contributed by atoms with van der Waals surface area (Å²) in [4.78, 5) is 0. The van der Waals surface area contributed by atoms with Crippen molar-refractivity contribution < 1.29 is 23.2 Å². The van der Waals surface area contributed by atoms with Crippen LogP contribution in [0.2, 0.25) is 3.63 Å². The molecular weight excluding hydrogens is 367 g/mol. The van der Waals surface area contributed by atoms with Gasteiger partial charge < -0.3 is 0 Å². The Bertz CT molecular complexity index is 771. The Morgan fingerprint density at radius 3 is 2.33 bits per heavy atom. The normalized spacial score (nSPS) is 21.5. The molecule has 3 atom stereocenters. The molecule has 0 fully saturated rings. The fraction of sp³-hybridized carbons (Fsp3) is 0.304. The summed E-state index contributed by atoms with van der Waals surface area (Å²) in [5, 5.41) is 0. The first kappa shape index (κ1) is 16.3. The van der Waals surface area contributed by atoms with Crippen LogP contribution in [0.4, 0.5) is 0 Å². The van der Waals surface area contributed by atoms with Crippen molar-refractivity contribution in [3.63, 3.8) is 0 Å². The van der Waals surface area contributed by atoms with Crippen LogP contribution in [0.15, 0.2) is 60.7 Å². The molecule has 0 amide bonds. The van der Waals surface area contributed by atoms with Gasteiger partial charge in [0.05, 0.1) is 0 Å². The number of fused-ring (bicyclic) bond motifs is 2. The zero-order valence-electron chi connectivity index (χ0n) is 14.3. The molecule has 2 aliphatic carbocycles. The predicted molar refractivity (Wildman–Crippen MR) is 99.7 cm³/mol. The first-order valence-corrected chi connectivity index (χ1v) is 12.0. The molecule has 0 aromatic heterocycles. The van der Waals surface area contributed by atoms with E-state index in [4.69, 9.17) is 0 Å². The molecule has 0 heterocycles. The first-order valence-electron chi connectivity index (χ1n) is 9.15. The van der Waals surface area contributed by atoms with Gasteiger partial charge in [0.25, 0.3) is 0 Å². The van der Waals surface area contributed by atoms with E-state index in [9.17, 15) is 0 Å². The Morgan fingerprint density at radius 1 is 0.875 bits per heavy atom. The van der Waals surface area contributed by atoms with E-state index in [0.717, 1.165) is 7.25 Å². The van der Waals surface area contributed by atoms with Crippen molar-refractivity contribution in [2.45, 2.75) is 39.4 Å².